The number of carbonyl (C=O) groups excluding carboxylic acids is 2. The Hall–Kier alpha value is -2.09. The molecule has 0 saturated carbocycles. The van der Waals surface area contributed by atoms with Crippen molar-refractivity contribution in [2.24, 2.45) is 0 Å². The standard InChI is InChI=1S/C15H19N3O4S/c1-4-16(3)15(20)13-8-23-9-17(13)14(19)11-6-5-10(2)12(7-11)18(21)22/h5-7,13H,4,8-9H2,1-3H3. The Labute approximate surface area is 138 Å². The number of benzene rings is 1. The van der Waals surface area contributed by atoms with Crippen molar-refractivity contribution in [3.8, 4) is 0 Å². The lowest BCUT2D eigenvalue weighted by Crippen LogP contribution is -2.47. The second kappa shape index (κ2) is 6.99. The molecule has 1 atom stereocenters. The smallest absolute Gasteiger partial charge is 0.273 e. The Balaban J connectivity index is 2.27. The molecular formula is C15H19N3O4S. The quantitative estimate of drug-likeness (QED) is 0.619. The summed E-state index contributed by atoms with van der Waals surface area (Å²) in [5.41, 5.74) is 0.652. The van der Waals surface area contributed by atoms with Gasteiger partial charge in [-0.15, -0.1) is 11.8 Å². The van der Waals surface area contributed by atoms with Crippen LogP contribution in [0.5, 0.6) is 0 Å². The van der Waals surface area contributed by atoms with E-state index in [2.05, 4.69) is 0 Å². The molecule has 0 radical (unpaired) electrons. The number of aryl methyl sites for hydroxylation is 1. The second-order valence-corrected chi connectivity index (χ2v) is 6.40. The van der Waals surface area contributed by atoms with Crippen LogP contribution < -0.4 is 0 Å². The first-order valence-electron chi connectivity index (χ1n) is 7.25. The third-order valence-electron chi connectivity index (χ3n) is 3.93. The van der Waals surface area contributed by atoms with Crippen molar-refractivity contribution in [3.05, 3.63) is 39.4 Å². The van der Waals surface area contributed by atoms with Crippen LogP contribution in [0.25, 0.3) is 0 Å². The summed E-state index contributed by atoms with van der Waals surface area (Å²) in [5, 5.41) is 11.0. The Morgan fingerprint density at radius 3 is 2.78 bits per heavy atom. The van der Waals surface area contributed by atoms with Crippen LogP contribution >= 0.6 is 11.8 Å². The zero-order chi connectivity index (χ0) is 17.1. The minimum absolute atomic E-state index is 0.0868. The lowest BCUT2D eigenvalue weighted by Gasteiger charge is -2.26. The highest BCUT2D eigenvalue weighted by Crippen LogP contribution is 2.26. The highest BCUT2D eigenvalue weighted by Gasteiger charge is 2.36. The number of carbonyl (C=O) groups is 2. The van der Waals surface area contributed by atoms with Gasteiger partial charge in [0.15, 0.2) is 0 Å². The van der Waals surface area contributed by atoms with Crippen LogP contribution in [-0.2, 0) is 4.79 Å². The summed E-state index contributed by atoms with van der Waals surface area (Å²) in [4.78, 5) is 38.6. The molecule has 1 aliphatic heterocycles. The topological polar surface area (TPSA) is 83.8 Å². The van der Waals surface area contributed by atoms with E-state index in [1.54, 1.807) is 31.0 Å². The zero-order valence-electron chi connectivity index (χ0n) is 13.3. The number of amides is 2. The molecule has 8 heteroatoms. The summed E-state index contributed by atoms with van der Waals surface area (Å²) in [6, 6.07) is 3.89. The van der Waals surface area contributed by atoms with Gasteiger partial charge in [0.25, 0.3) is 11.6 Å². The van der Waals surface area contributed by atoms with Gasteiger partial charge in [0, 0.05) is 36.5 Å². The van der Waals surface area contributed by atoms with Crippen LogP contribution in [0.3, 0.4) is 0 Å². The van der Waals surface area contributed by atoms with Gasteiger partial charge in [-0.05, 0) is 19.9 Å². The van der Waals surface area contributed by atoms with Gasteiger partial charge in [-0.1, -0.05) is 6.07 Å². The molecule has 0 N–H and O–H groups in total. The van der Waals surface area contributed by atoms with Crippen molar-refractivity contribution >= 4 is 29.3 Å². The summed E-state index contributed by atoms with van der Waals surface area (Å²) in [6.07, 6.45) is 0. The number of nitrogens with zero attached hydrogens (tertiary/aromatic N) is 3. The van der Waals surface area contributed by atoms with Gasteiger partial charge in [-0.2, -0.15) is 0 Å². The molecule has 1 aliphatic rings. The van der Waals surface area contributed by atoms with Crippen molar-refractivity contribution in [2.45, 2.75) is 19.9 Å². The SMILES string of the molecule is CCN(C)C(=O)C1CSCN1C(=O)c1ccc(C)c([N+](=O)[O-])c1. The van der Waals surface area contributed by atoms with Crippen molar-refractivity contribution in [3.63, 3.8) is 0 Å². The Morgan fingerprint density at radius 1 is 1.48 bits per heavy atom. The molecular weight excluding hydrogens is 318 g/mol. The second-order valence-electron chi connectivity index (χ2n) is 5.40. The molecule has 23 heavy (non-hydrogen) atoms. The van der Waals surface area contributed by atoms with Crippen LogP contribution in [0.15, 0.2) is 18.2 Å². The van der Waals surface area contributed by atoms with Crippen molar-refractivity contribution < 1.29 is 14.5 Å². The van der Waals surface area contributed by atoms with Crippen molar-refractivity contribution in [1.29, 1.82) is 0 Å². The fraction of sp³-hybridized carbons (Fsp3) is 0.467. The molecule has 1 fully saturated rings. The number of hydrogen-bond acceptors (Lipinski definition) is 5. The maximum absolute atomic E-state index is 12.7. The predicted molar refractivity (Wildman–Crippen MR) is 88.4 cm³/mol. The maximum atomic E-state index is 12.7. The normalized spacial score (nSPS) is 17.2. The molecule has 0 aromatic heterocycles. The molecule has 2 rings (SSSR count). The number of likely N-dealkylation sites (N-methyl/N-ethyl adjacent to an activating group) is 1. The molecule has 0 aliphatic carbocycles. The van der Waals surface area contributed by atoms with Crippen molar-refractivity contribution in [1.82, 2.24) is 9.80 Å². The van der Waals surface area contributed by atoms with E-state index in [1.165, 1.54) is 22.7 Å². The van der Waals surface area contributed by atoms with E-state index in [0.717, 1.165) is 0 Å². The van der Waals surface area contributed by atoms with Gasteiger partial charge in [0.05, 0.1) is 10.8 Å². The van der Waals surface area contributed by atoms with E-state index in [1.807, 2.05) is 6.92 Å². The van der Waals surface area contributed by atoms with Crippen LogP contribution in [0, 0.1) is 17.0 Å². The molecule has 0 spiro atoms. The highest BCUT2D eigenvalue weighted by molar-refractivity contribution is 7.99. The van der Waals surface area contributed by atoms with E-state index in [9.17, 15) is 19.7 Å². The number of thioether (sulfide) groups is 1. The van der Waals surface area contributed by atoms with Crippen LogP contribution in [-0.4, -0.2) is 57.8 Å². The van der Waals surface area contributed by atoms with Gasteiger partial charge in [0.2, 0.25) is 5.91 Å². The molecule has 0 bridgehead atoms. The van der Waals surface area contributed by atoms with E-state index >= 15 is 0 Å². The molecule has 1 aromatic carbocycles. The largest absolute Gasteiger partial charge is 0.344 e. The molecule has 1 saturated heterocycles. The molecule has 1 heterocycles. The first-order valence-corrected chi connectivity index (χ1v) is 8.41. The lowest BCUT2D eigenvalue weighted by atomic mass is 10.1. The van der Waals surface area contributed by atoms with Gasteiger partial charge in [0.1, 0.15) is 6.04 Å². The molecule has 7 nitrogen and oxygen atoms in total. The van der Waals surface area contributed by atoms with E-state index in [0.29, 0.717) is 23.7 Å². The van der Waals surface area contributed by atoms with Gasteiger partial charge >= 0.3 is 0 Å². The highest BCUT2D eigenvalue weighted by atomic mass is 32.2. The maximum Gasteiger partial charge on any atom is 0.273 e. The van der Waals surface area contributed by atoms with E-state index in [4.69, 9.17) is 0 Å². The summed E-state index contributed by atoms with van der Waals surface area (Å²) >= 11 is 1.51. The Kier molecular flexibility index (Phi) is 5.25. The Bertz CT molecular complexity index is 650. The molecule has 2 amide bonds. The van der Waals surface area contributed by atoms with E-state index < -0.39 is 11.0 Å². The lowest BCUT2D eigenvalue weighted by molar-refractivity contribution is -0.385. The summed E-state index contributed by atoms with van der Waals surface area (Å²) in [6.45, 7) is 4.06. The first-order chi connectivity index (χ1) is 10.9. The van der Waals surface area contributed by atoms with Crippen molar-refractivity contribution in [2.75, 3.05) is 25.2 Å². The monoisotopic (exact) mass is 337 g/mol. The number of hydrogen-bond donors (Lipinski definition) is 0. The fourth-order valence-electron chi connectivity index (χ4n) is 2.36. The van der Waals surface area contributed by atoms with E-state index in [-0.39, 0.29) is 23.1 Å². The van der Waals surface area contributed by atoms with Gasteiger partial charge in [-0.3, -0.25) is 19.7 Å². The summed E-state index contributed by atoms with van der Waals surface area (Å²) in [7, 11) is 1.70. The van der Waals surface area contributed by atoms with Crippen LogP contribution in [0.1, 0.15) is 22.8 Å². The van der Waals surface area contributed by atoms with Gasteiger partial charge in [-0.25, -0.2) is 0 Å². The summed E-state index contributed by atoms with van der Waals surface area (Å²) < 4.78 is 0. The average molecular weight is 337 g/mol. The Morgan fingerprint density at radius 2 is 2.17 bits per heavy atom. The molecule has 124 valence electrons. The number of rotatable bonds is 4. The van der Waals surface area contributed by atoms with Gasteiger partial charge < -0.3 is 9.80 Å². The zero-order valence-corrected chi connectivity index (χ0v) is 14.1. The molecule has 1 aromatic rings. The third-order valence-corrected chi connectivity index (χ3v) is 4.94. The first kappa shape index (κ1) is 17.3. The number of nitro groups is 1. The average Bonchev–Trinajstić information content (AvgIpc) is 3.02. The van der Waals surface area contributed by atoms with Crippen LogP contribution in [0.4, 0.5) is 5.69 Å². The van der Waals surface area contributed by atoms with Crippen LogP contribution in [0.2, 0.25) is 0 Å². The minimum Gasteiger partial charge on any atom is -0.344 e. The fourth-order valence-corrected chi connectivity index (χ4v) is 3.51. The summed E-state index contributed by atoms with van der Waals surface area (Å²) in [5.74, 6) is 0.505. The predicted octanol–water partition coefficient (Wildman–Crippen LogP) is 1.90. The minimum atomic E-state index is -0.516. The number of nitro benzene ring substituents is 1. The molecule has 1 unspecified atom stereocenters. The third kappa shape index (κ3) is 3.47.